The maximum Gasteiger partial charge on any atom is 0.289 e. The molecule has 0 saturated carbocycles. The zero-order valence-electron chi connectivity index (χ0n) is 13.0. The van der Waals surface area contributed by atoms with Gasteiger partial charge in [0.1, 0.15) is 5.82 Å². The highest BCUT2D eigenvalue weighted by molar-refractivity contribution is 7.89. The number of hydrogen-bond acceptors (Lipinski definition) is 5. The molecule has 0 radical (unpaired) electrons. The van der Waals surface area contributed by atoms with Crippen molar-refractivity contribution in [3.8, 4) is 0 Å². The second-order valence-electron chi connectivity index (χ2n) is 5.50. The van der Waals surface area contributed by atoms with Gasteiger partial charge in [-0.2, -0.15) is 4.31 Å². The summed E-state index contributed by atoms with van der Waals surface area (Å²) in [7, 11) is -4.05. The van der Waals surface area contributed by atoms with Crippen molar-refractivity contribution in [1.82, 2.24) is 4.31 Å². The van der Waals surface area contributed by atoms with Crippen LogP contribution in [0.1, 0.15) is 11.7 Å². The standard InChI is InChI=1S/C16H15FN2O5S/c17-13-7-5-12(6-8-13)15-11-18(9-10-24-15)25(22,23)16-4-2-1-3-14(16)19(20)21/h1-8,15H,9-11H2. The van der Waals surface area contributed by atoms with Gasteiger partial charge in [0.2, 0.25) is 10.0 Å². The number of nitro benzene ring substituents is 1. The van der Waals surface area contributed by atoms with E-state index < -0.39 is 32.6 Å². The Morgan fingerprint density at radius 2 is 1.84 bits per heavy atom. The van der Waals surface area contributed by atoms with E-state index in [-0.39, 0.29) is 24.6 Å². The second-order valence-corrected chi connectivity index (χ2v) is 7.41. The van der Waals surface area contributed by atoms with Crippen molar-refractivity contribution < 1.29 is 22.5 Å². The Bertz CT molecular complexity index is 886. The van der Waals surface area contributed by atoms with Crippen LogP contribution in [0.2, 0.25) is 0 Å². The summed E-state index contributed by atoms with van der Waals surface area (Å²) in [6, 6.07) is 10.8. The van der Waals surface area contributed by atoms with Crippen LogP contribution in [-0.2, 0) is 14.8 Å². The molecule has 2 aromatic carbocycles. The molecular weight excluding hydrogens is 351 g/mol. The van der Waals surface area contributed by atoms with E-state index >= 15 is 0 Å². The van der Waals surface area contributed by atoms with E-state index in [9.17, 15) is 22.9 Å². The fraction of sp³-hybridized carbons (Fsp3) is 0.250. The zero-order chi connectivity index (χ0) is 18.0. The second kappa shape index (κ2) is 6.87. The summed E-state index contributed by atoms with van der Waals surface area (Å²) in [5, 5.41) is 11.1. The van der Waals surface area contributed by atoms with Crippen LogP contribution in [0, 0.1) is 15.9 Å². The number of nitrogens with zero attached hydrogens (tertiary/aromatic N) is 2. The van der Waals surface area contributed by atoms with Crippen molar-refractivity contribution in [2.45, 2.75) is 11.0 Å². The van der Waals surface area contributed by atoms with Crippen molar-refractivity contribution >= 4 is 15.7 Å². The highest BCUT2D eigenvalue weighted by Crippen LogP contribution is 2.30. The Morgan fingerprint density at radius 3 is 2.52 bits per heavy atom. The van der Waals surface area contributed by atoms with Crippen LogP contribution >= 0.6 is 0 Å². The van der Waals surface area contributed by atoms with Crippen LogP contribution in [0.15, 0.2) is 53.4 Å². The molecule has 25 heavy (non-hydrogen) atoms. The molecule has 0 amide bonds. The number of sulfonamides is 1. The third-order valence-corrected chi connectivity index (χ3v) is 5.86. The van der Waals surface area contributed by atoms with Gasteiger partial charge in [0, 0.05) is 19.2 Å². The lowest BCUT2D eigenvalue weighted by Gasteiger charge is -2.32. The van der Waals surface area contributed by atoms with Crippen LogP contribution in [-0.4, -0.2) is 37.3 Å². The monoisotopic (exact) mass is 366 g/mol. The van der Waals surface area contributed by atoms with E-state index in [2.05, 4.69) is 0 Å². The minimum absolute atomic E-state index is 0.0000142. The first kappa shape index (κ1) is 17.5. The highest BCUT2D eigenvalue weighted by atomic mass is 32.2. The minimum Gasteiger partial charge on any atom is -0.371 e. The van der Waals surface area contributed by atoms with Gasteiger partial charge in [0.25, 0.3) is 5.69 Å². The predicted octanol–water partition coefficient (Wildman–Crippen LogP) is 2.50. The molecule has 0 aromatic heterocycles. The number of benzene rings is 2. The number of nitro groups is 1. The number of morpholine rings is 1. The first-order valence-electron chi connectivity index (χ1n) is 7.50. The first-order valence-corrected chi connectivity index (χ1v) is 8.94. The summed E-state index contributed by atoms with van der Waals surface area (Å²) >= 11 is 0. The van der Waals surface area contributed by atoms with Gasteiger partial charge in [0.05, 0.1) is 17.6 Å². The normalized spacial score (nSPS) is 18.8. The Hall–Kier alpha value is -2.36. The van der Waals surface area contributed by atoms with Crippen LogP contribution in [0.3, 0.4) is 0 Å². The quantitative estimate of drug-likeness (QED) is 0.613. The average molecular weight is 366 g/mol. The Kier molecular flexibility index (Phi) is 4.80. The molecule has 7 nitrogen and oxygen atoms in total. The summed E-state index contributed by atoms with van der Waals surface area (Å²) in [5.74, 6) is -0.399. The third kappa shape index (κ3) is 3.53. The molecule has 2 aromatic rings. The Labute approximate surface area is 143 Å². The molecule has 0 spiro atoms. The molecule has 0 aliphatic carbocycles. The van der Waals surface area contributed by atoms with E-state index in [0.29, 0.717) is 5.56 Å². The van der Waals surface area contributed by atoms with E-state index in [1.54, 1.807) is 0 Å². The topological polar surface area (TPSA) is 89.8 Å². The van der Waals surface area contributed by atoms with Crippen molar-refractivity contribution in [2.75, 3.05) is 19.7 Å². The minimum atomic E-state index is -4.05. The molecule has 1 saturated heterocycles. The SMILES string of the molecule is O=[N+]([O-])c1ccccc1S(=O)(=O)N1CCOC(c2ccc(F)cc2)C1. The van der Waals surface area contributed by atoms with Gasteiger partial charge in [-0.15, -0.1) is 0 Å². The fourth-order valence-corrected chi connectivity index (χ4v) is 4.27. The number of ether oxygens (including phenoxy) is 1. The average Bonchev–Trinajstić information content (AvgIpc) is 2.62. The van der Waals surface area contributed by atoms with Crippen LogP contribution in [0.25, 0.3) is 0 Å². The van der Waals surface area contributed by atoms with Crippen LogP contribution < -0.4 is 0 Å². The number of hydrogen-bond donors (Lipinski definition) is 0. The lowest BCUT2D eigenvalue weighted by atomic mass is 10.1. The Balaban J connectivity index is 1.90. The van der Waals surface area contributed by atoms with Crippen LogP contribution in [0.4, 0.5) is 10.1 Å². The van der Waals surface area contributed by atoms with Gasteiger partial charge >= 0.3 is 0 Å². The molecule has 9 heteroatoms. The van der Waals surface area contributed by atoms with Gasteiger partial charge < -0.3 is 4.74 Å². The molecule has 1 atom stereocenters. The van der Waals surface area contributed by atoms with Gasteiger partial charge in [-0.05, 0) is 23.8 Å². The molecule has 1 unspecified atom stereocenters. The van der Waals surface area contributed by atoms with Gasteiger partial charge in [-0.1, -0.05) is 24.3 Å². The van der Waals surface area contributed by atoms with Gasteiger partial charge in [-0.25, -0.2) is 12.8 Å². The number of para-hydroxylation sites is 1. The largest absolute Gasteiger partial charge is 0.371 e. The molecule has 0 N–H and O–H groups in total. The summed E-state index contributed by atoms with van der Waals surface area (Å²) in [6.07, 6.45) is -0.563. The molecule has 1 fully saturated rings. The maximum atomic E-state index is 13.1. The predicted molar refractivity (Wildman–Crippen MR) is 86.9 cm³/mol. The highest BCUT2D eigenvalue weighted by Gasteiger charge is 2.35. The molecule has 0 bridgehead atoms. The van der Waals surface area contributed by atoms with Gasteiger partial charge in [-0.3, -0.25) is 10.1 Å². The van der Waals surface area contributed by atoms with E-state index in [4.69, 9.17) is 4.74 Å². The lowest BCUT2D eigenvalue weighted by molar-refractivity contribution is -0.387. The van der Waals surface area contributed by atoms with Crippen LogP contribution in [0.5, 0.6) is 0 Å². The first-order chi connectivity index (χ1) is 11.9. The molecule has 1 aliphatic heterocycles. The zero-order valence-corrected chi connectivity index (χ0v) is 13.9. The number of rotatable bonds is 4. The molecule has 1 heterocycles. The summed E-state index contributed by atoms with van der Waals surface area (Å²) in [6.45, 7) is 0.230. The van der Waals surface area contributed by atoms with Crippen molar-refractivity contribution in [3.63, 3.8) is 0 Å². The number of halogens is 1. The molecular formula is C16H15FN2O5S. The summed E-state index contributed by atoms with van der Waals surface area (Å²) in [4.78, 5) is 10.1. The lowest BCUT2D eigenvalue weighted by Crippen LogP contribution is -2.42. The summed E-state index contributed by atoms with van der Waals surface area (Å²) in [5.41, 5.74) is 0.177. The van der Waals surface area contributed by atoms with Crippen molar-refractivity contribution in [3.05, 3.63) is 70.0 Å². The van der Waals surface area contributed by atoms with Crippen molar-refractivity contribution in [1.29, 1.82) is 0 Å². The summed E-state index contributed by atoms with van der Waals surface area (Å²) < 4.78 is 45.5. The fourth-order valence-electron chi connectivity index (χ4n) is 2.69. The third-order valence-electron chi connectivity index (χ3n) is 3.95. The molecule has 132 valence electrons. The molecule has 3 rings (SSSR count). The van der Waals surface area contributed by atoms with E-state index in [1.165, 1.54) is 42.5 Å². The van der Waals surface area contributed by atoms with E-state index in [1.807, 2.05) is 0 Å². The smallest absolute Gasteiger partial charge is 0.289 e. The maximum absolute atomic E-state index is 13.1. The van der Waals surface area contributed by atoms with Crippen molar-refractivity contribution in [2.24, 2.45) is 0 Å². The molecule has 1 aliphatic rings. The Morgan fingerprint density at radius 1 is 1.16 bits per heavy atom. The van der Waals surface area contributed by atoms with E-state index in [0.717, 1.165) is 10.4 Å². The van der Waals surface area contributed by atoms with Gasteiger partial charge in [0.15, 0.2) is 4.90 Å².